The quantitative estimate of drug-likeness (QED) is 0.925. The minimum Gasteiger partial charge on any atom is -0.311 e. The van der Waals surface area contributed by atoms with Crippen molar-refractivity contribution in [1.29, 1.82) is 0 Å². The van der Waals surface area contributed by atoms with Crippen LogP contribution in [0.25, 0.3) is 0 Å². The van der Waals surface area contributed by atoms with Gasteiger partial charge in [-0.3, -0.25) is 0 Å². The highest BCUT2D eigenvalue weighted by atomic mass is 14.9. The molecule has 1 N–H and O–H groups in total. The molecule has 3 heteroatoms. The third kappa shape index (κ3) is 2.73. The van der Waals surface area contributed by atoms with E-state index in [0.717, 1.165) is 17.9 Å². The molecule has 3 nitrogen and oxygen atoms in total. The molecule has 0 fully saturated rings. The van der Waals surface area contributed by atoms with Gasteiger partial charge in [0.25, 0.3) is 0 Å². The van der Waals surface area contributed by atoms with Crippen LogP contribution in [0.15, 0.2) is 30.5 Å². The Labute approximate surface area is 120 Å². The van der Waals surface area contributed by atoms with Crippen LogP contribution in [0, 0.1) is 6.92 Å². The molecule has 1 atom stereocenters. The first-order chi connectivity index (χ1) is 9.76. The number of nitrogens with zero attached hydrogens (tertiary/aromatic N) is 2. The van der Waals surface area contributed by atoms with Crippen molar-refractivity contribution in [3.05, 3.63) is 58.7 Å². The van der Waals surface area contributed by atoms with Crippen LogP contribution in [0.5, 0.6) is 0 Å². The summed E-state index contributed by atoms with van der Waals surface area (Å²) in [6, 6.07) is 9.19. The van der Waals surface area contributed by atoms with Gasteiger partial charge in [0.2, 0.25) is 0 Å². The fourth-order valence-electron chi connectivity index (χ4n) is 3.01. The average molecular weight is 267 g/mol. The van der Waals surface area contributed by atoms with Crippen LogP contribution < -0.4 is 5.32 Å². The second-order valence-electron chi connectivity index (χ2n) is 5.53. The normalized spacial score (nSPS) is 15.1. The molecule has 3 rings (SSSR count). The monoisotopic (exact) mass is 267 g/mol. The van der Waals surface area contributed by atoms with E-state index >= 15 is 0 Å². The fourth-order valence-corrected chi connectivity index (χ4v) is 3.01. The van der Waals surface area contributed by atoms with Crippen LogP contribution in [0.2, 0.25) is 0 Å². The molecule has 0 spiro atoms. The molecule has 0 amide bonds. The summed E-state index contributed by atoms with van der Waals surface area (Å²) in [4.78, 5) is 8.71. The zero-order valence-electron chi connectivity index (χ0n) is 12.2. The number of aromatic nitrogens is 2. The summed E-state index contributed by atoms with van der Waals surface area (Å²) < 4.78 is 0. The predicted molar refractivity (Wildman–Crippen MR) is 80.7 cm³/mol. The van der Waals surface area contributed by atoms with Crippen molar-refractivity contribution >= 4 is 0 Å². The topological polar surface area (TPSA) is 37.8 Å². The minimum atomic E-state index is 0.246. The molecule has 1 aromatic carbocycles. The first kappa shape index (κ1) is 13.3. The maximum Gasteiger partial charge on any atom is 0.125 e. The van der Waals surface area contributed by atoms with Gasteiger partial charge in [-0.15, -0.1) is 0 Å². The van der Waals surface area contributed by atoms with Crippen molar-refractivity contribution in [2.75, 3.05) is 7.05 Å². The summed E-state index contributed by atoms with van der Waals surface area (Å²) in [5.74, 6) is 0.830. The van der Waals surface area contributed by atoms with Crippen molar-refractivity contribution < 1.29 is 0 Å². The number of hydrogen-bond acceptors (Lipinski definition) is 3. The lowest BCUT2D eigenvalue weighted by Gasteiger charge is -2.16. The molecule has 2 aromatic rings. The number of likely N-dealkylation sites (N-methyl/N-ethyl adjacent to an activating group) is 1. The van der Waals surface area contributed by atoms with Gasteiger partial charge in [0.05, 0.1) is 11.7 Å². The molecule has 20 heavy (non-hydrogen) atoms. The van der Waals surface area contributed by atoms with Crippen LogP contribution in [0.1, 0.15) is 40.7 Å². The molecule has 1 aliphatic carbocycles. The van der Waals surface area contributed by atoms with Crippen molar-refractivity contribution in [3.63, 3.8) is 0 Å². The fraction of sp³-hybridized carbons (Fsp3) is 0.412. The first-order valence-corrected chi connectivity index (χ1v) is 7.34. The van der Waals surface area contributed by atoms with E-state index in [-0.39, 0.29) is 6.04 Å². The van der Waals surface area contributed by atoms with E-state index in [1.165, 1.54) is 36.0 Å². The first-order valence-electron chi connectivity index (χ1n) is 7.34. The van der Waals surface area contributed by atoms with E-state index in [1.807, 2.05) is 26.2 Å². The highest BCUT2D eigenvalue weighted by Crippen LogP contribution is 2.25. The van der Waals surface area contributed by atoms with E-state index < -0.39 is 0 Å². The highest BCUT2D eigenvalue weighted by Gasteiger charge is 2.15. The Morgan fingerprint density at radius 1 is 1.20 bits per heavy atom. The van der Waals surface area contributed by atoms with Crippen molar-refractivity contribution in [2.45, 2.75) is 38.6 Å². The van der Waals surface area contributed by atoms with Gasteiger partial charge < -0.3 is 5.32 Å². The number of nitrogens with one attached hydrogen (secondary N) is 1. The van der Waals surface area contributed by atoms with Crippen LogP contribution >= 0.6 is 0 Å². The van der Waals surface area contributed by atoms with Gasteiger partial charge in [0.15, 0.2) is 0 Å². The third-order valence-electron chi connectivity index (χ3n) is 4.11. The zero-order valence-corrected chi connectivity index (χ0v) is 12.2. The van der Waals surface area contributed by atoms with Gasteiger partial charge in [0.1, 0.15) is 5.82 Å². The summed E-state index contributed by atoms with van der Waals surface area (Å²) in [5.41, 5.74) is 5.53. The van der Waals surface area contributed by atoms with Crippen molar-refractivity contribution in [1.82, 2.24) is 15.3 Å². The molecule has 0 bridgehead atoms. The Balaban J connectivity index is 1.81. The third-order valence-corrected chi connectivity index (χ3v) is 4.11. The van der Waals surface area contributed by atoms with Crippen LogP contribution in [-0.2, 0) is 19.3 Å². The lowest BCUT2D eigenvalue weighted by molar-refractivity contribution is 0.572. The Bertz CT molecular complexity index is 607. The van der Waals surface area contributed by atoms with Gasteiger partial charge in [-0.25, -0.2) is 9.97 Å². The smallest absolute Gasteiger partial charge is 0.125 e. The van der Waals surface area contributed by atoms with E-state index in [4.69, 9.17) is 0 Å². The number of fused-ring (bicyclic) bond motifs is 1. The van der Waals surface area contributed by atoms with E-state index in [9.17, 15) is 0 Å². The van der Waals surface area contributed by atoms with Crippen LogP contribution in [-0.4, -0.2) is 17.0 Å². The lowest BCUT2D eigenvalue weighted by Crippen LogP contribution is -2.20. The van der Waals surface area contributed by atoms with Gasteiger partial charge in [-0.2, -0.15) is 0 Å². The molecule has 1 aliphatic rings. The number of hydrogen-bond donors (Lipinski definition) is 1. The molecule has 0 aliphatic heterocycles. The molecule has 1 unspecified atom stereocenters. The van der Waals surface area contributed by atoms with E-state index in [1.54, 1.807) is 0 Å². The summed E-state index contributed by atoms with van der Waals surface area (Å²) in [5, 5.41) is 3.37. The maximum absolute atomic E-state index is 4.54. The van der Waals surface area contributed by atoms with Crippen LogP contribution in [0.3, 0.4) is 0 Å². The molecular weight excluding hydrogens is 246 g/mol. The van der Waals surface area contributed by atoms with Gasteiger partial charge >= 0.3 is 0 Å². The molecule has 0 saturated carbocycles. The van der Waals surface area contributed by atoms with E-state index in [2.05, 4.69) is 33.5 Å². The van der Waals surface area contributed by atoms with Crippen molar-refractivity contribution in [3.8, 4) is 0 Å². The summed E-state index contributed by atoms with van der Waals surface area (Å²) >= 11 is 0. The lowest BCUT2D eigenvalue weighted by atomic mass is 9.99. The second kappa shape index (κ2) is 5.71. The maximum atomic E-state index is 4.54. The predicted octanol–water partition coefficient (Wildman–Crippen LogP) is 2.78. The summed E-state index contributed by atoms with van der Waals surface area (Å²) in [6.07, 6.45) is 6.60. The Hall–Kier alpha value is -1.74. The number of rotatable bonds is 4. The van der Waals surface area contributed by atoms with E-state index in [0.29, 0.717) is 0 Å². The number of benzene rings is 1. The standard InChI is InChI=1S/C17H21N3/c1-12-19-9-8-16(20-12)17(18-2)11-13-6-7-14-4-3-5-15(14)10-13/h6-10,17-18H,3-5,11H2,1-2H3. The Morgan fingerprint density at radius 2 is 2.05 bits per heavy atom. The summed E-state index contributed by atoms with van der Waals surface area (Å²) in [7, 11) is 2.00. The molecule has 1 aromatic heterocycles. The molecule has 0 radical (unpaired) electrons. The Kier molecular flexibility index (Phi) is 3.79. The van der Waals surface area contributed by atoms with Gasteiger partial charge in [0, 0.05) is 6.20 Å². The molecule has 1 heterocycles. The van der Waals surface area contributed by atoms with Crippen molar-refractivity contribution in [2.24, 2.45) is 0 Å². The van der Waals surface area contributed by atoms with Gasteiger partial charge in [-0.1, -0.05) is 18.2 Å². The number of aryl methyl sites for hydroxylation is 3. The summed E-state index contributed by atoms with van der Waals surface area (Å²) in [6.45, 7) is 1.94. The van der Waals surface area contributed by atoms with Gasteiger partial charge in [-0.05, 0) is 62.4 Å². The molecular formula is C17H21N3. The molecule has 104 valence electrons. The largest absolute Gasteiger partial charge is 0.311 e. The zero-order chi connectivity index (χ0) is 13.9. The highest BCUT2D eigenvalue weighted by molar-refractivity contribution is 5.36. The minimum absolute atomic E-state index is 0.246. The van der Waals surface area contributed by atoms with Crippen LogP contribution in [0.4, 0.5) is 0 Å². The second-order valence-corrected chi connectivity index (χ2v) is 5.53. The average Bonchev–Trinajstić information content (AvgIpc) is 2.92. The SMILES string of the molecule is CNC(Cc1ccc2c(c1)CCC2)c1ccnc(C)n1. The molecule has 0 saturated heterocycles. The Morgan fingerprint density at radius 3 is 2.85 bits per heavy atom.